The summed E-state index contributed by atoms with van der Waals surface area (Å²) in [5, 5.41) is 0. The molecule has 2 saturated heterocycles. The van der Waals surface area contributed by atoms with E-state index < -0.39 is 6.04 Å². The maximum absolute atomic E-state index is 13.5. The van der Waals surface area contributed by atoms with Crippen molar-refractivity contribution in [1.29, 1.82) is 0 Å². The molecule has 2 aliphatic heterocycles. The van der Waals surface area contributed by atoms with Gasteiger partial charge in [-0.3, -0.25) is 19.3 Å². The molecule has 0 bridgehead atoms. The molecule has 168 valence electrons. The molecule has 0 aromatic heterocycles. The van der Waals surface area contributed by atoms with Crippen molar-refractivity contribution in [1.82, 2.24) is 9.80 Å². The number of anilines is 1. The Bertz CT molecular complexity index is 987. The van der Waals surface area contributed by atoms with Gasteiger partial charge in [-0.25, -0.2) is 4.90 Å². The molecule has 4 rings (SSSR count). The van der Waals surface area contributed by atoms with E-state index in [-0.39, 0.29) is 24.1 Å². The van der Waals surface area contributed by atoms with Crippen molar-refractivity contribution in [3.05, 3.63) is 64.1 Å². The predicted molar refractivity (Wildman–Crippen MR) is 125 cm³/mol. The van der Waals surface area contributed by atoms with Crippen LogP contribution in [0.3, 0.4) is 0 Å². The minimum absolute atomic E-state index is 0.0182. The van der Waals surface area contributed by atoms with E-state index in [0.717, 1.165) is 23.1 Å². The largest absolute Gasteiger partial charge is 0.379 e. The number of ether oxygens (including phenoxy) is 1. The number of amides is 3. The Balaban J connectivity index is 1.58. The average molecular weight is 500 g/mol. The zero-order valence-corrected chi connectivity index (χ0v) is 19.6. The summed E-state index contributed by atoms with van der Waals surface area (Å²) in [5.41, 5.74) is 2.08. The molecular weight excluding hydrogens is 474 g/mol. The summed E-state index contributed by atoms with van der Waals surface area (Å²) in [4.78, 5) is 44.6. The molecule has 2 aromatic carbocycles. The van der Waals surface area contributed by atoms with Gasteiger partial charge in [0.1, 0.15) is 6.04 Å². The van der Waals surface area contributed by atoms with E-state index in [1.54, 1.807) is 41.3 Å². The van der Waals surface area contributed by atoms with Crippen LogP contribution in [-0.4, -0.2) is 73.0 Å². The minimum atomic E-state index is -0.819. The topological polar surface area (TPSA) is 70.2 Å². The molecule has 0 N–H and O–H groups in total. The van der Waals surface area contributed by atoms with Gasteiger partial charge in [0.25, 0.3) is 11.8 Å². The second-order valence-corrected chi connectivity index (χ2v) is 9.00. The number of hydrogen-bond acceptors (Lipinski definition) is 5. The standard InChI is InChI=1S/C24H26BrN3O4/c1-17-2-4-18(5-3-17)23(30)27(11-10-26-12-14-32-15-13-26)21-16-22(29)28(24(21)31)20-8-6-19(25)7-9-20/h2-9,21H,10-16H2,1H3. The first-order chi connectivity index (χ1) is 15.4. The van der Waals surface area contributed by atoms with Crippen molar-refractivity contribution in [3.63, 3.8) is 0 Å². The number of imide groups is 1. The van der Waals surface area contributed by atoms with Crippen molar-refractivity contribution in [2.75, 3.05) is 44.3 Å². The number of halogens is 1. The fourth-order valence-corrected chi connectivity index (χ4v) is 4.32. The fourth-order valence-electron chi connectivity index (χ4n) is 4.06. The maximum Gasteiger partial charge on any atom is 0.257 e. The highest BCUT2D eigenvalue weighted by Gasteiger charge is 2.44. The lowest BCUT2D eigenvalue weighted by molar-refractivity contribution is -0.122. The van der Waals surface area contributed by atoms with Crippen LogP contribution in [0.5, 0.6) is 0 Å². The van der Waals surface area contributed by atoms with Gasteiger partial charge in [0, 0.05) is 36.2 Å². The lowest BCUT2D eigenvalue weighted by Crippen LogP contribution is -2.49. The Hall–Kier alpha value is -2.55. The number of carbonyl (C=O) groups excluding carboxylic acids is 3. The molecular formula is C24H26BrN3O4. The minimum Gasteiger partial charge on any atom is -0.379 e. The third-order valence-corrected chi connectivity index (χ3v) is 6.43. The number of rotatable bonds is 6. The fraction of sp³-hybridized carbons (Fsp3) is 0.375. The maximum atomic E-state index is 13.5. The average Bonchev–Trinajstić information content (AvgIpc) is 3.09. The van der Waals surface area contributed by atoms with Crippen LogP contribution >= 0.6 is 15.9 Å². The molecule has 7 nitrogen and oxygen atoms in total. The quantitative estimate of drug-likeness (QED) is 0.571. The SMILES string of the molecule is Cc1ccc(C(=O)N(CCN2CCOCC2)C2CC(=O)N(c3ccc(Br)cc3)C2=O)cc1. The van der Waals surface area contributed by atoms with Crippen molar-refractivity contribution in [3.8, 4) is 0 Å². The van der Waals surface area contributed by atoms with Gasteiger partial charge in [0.05, 0.1) is 25.3 Å². The number of nitrogens with zero attached hydrogens (tertiary/aromatic N) is 3. The Morgan fingerprint density at radius 1 is 1.06 bits per heavy atom. The molecule has 0 aliphatic carbocycles. The number of hydrogen-bond donors (Lipinski definition) is 0. The summed E-state index contributed by atoms with van der Waals surface area (Å²) in [6.45, 7) is 5.83. The van der Waals surface area contributed by atoms with E-state index in [4.69, 9.17) is 4.74 Å². The molecule has 0 spiro atoms. The Kier molecular flexibility index (Phi) is 7.03. The van der Waals surface area contributed by atoms with E-state index in [1.807, 2.05) is 19.1 Å². The van der Waals surface area contributed by atoms with Crippen LogP contribution in [-0.2, 0) is 14.3 Å². The third kappa shape index (κ3) is 4.92. The van der Waals surface area contributed by atoms with E-state index >= 15 is 0 Å². The molecule has 0 radical (unpaired) electrons. The highest BCUT2D eigenvalue weighted by molar-refractivity contribution is 9.10. The monoisotopic (exact) mass is 499 g/mol. The van der Waals surface area contributed by atoms with Crippen molar-refractivity contribution < 1.29 is 19.1 Å². The lowest BCUT2D eigenvalue weighted by atomic mass is 10.1. The molecule has 2 aliphatic rings. The van der Waals surface area contributed by atoms with Crippen LogP contribution < -0.4 is 4.90 Å². The van der Waals surface area contributed by atoms with E-state index in [2.05, 4.69) is 20.8 Å². The zero-order chi connectivity index (χ0) is 22.7. The molecule has 8 heteroatoms. The summed E-state index contributed by atoms with van der Waals surface area (Å²) >= 11 is 3.37. The zero-order valence-electron chi connectivity index (χ0n) is 18.0. The lowest BCUT2D eigenvalue weighted by Gasteiger charge is -2.32. The molecule has 0 saturated carbocycles. The molecule has 1 unspecified atom stereocenters. The van der Waals surface area contributed by atoms with Crippen molar-refractivity contribution in [2.45, 2.75) is 19.4 Å². The number of carbonyl (C=O) groups is 3. The summed E-state index contributed by atoms with van der Waals surface area (Å²) in [6.07, 6.45) is -0.0182. The van der Waals surface area contributed by atoms with Gasteiger partial charge in [-0.15, -0.1) is 0 Å². The molecule has 2 aromatic rings. The number of aryl methyl sites for hydroxylation is 1. The normalized spacial score (nSPS) is 19.4. The van der Waals surface area contributed by atoms with Crippen LogP contribution in [0.4, 0.5) is 5.69 Å². The van der Waals surface area contributed by atoms with Crippen molar-refractivity contribution in [2.24, 2.45) is 0 Å². The Morgan fingerprint density at radius 2 is 1.72 bits per heavy atom. The molecule has 2 fully saturated rings. The van der Waals surface area contributed by atoms with Gasteiger partial charge in [-0.2, -0.15) is 0 Å². The molecule has 1 atom stereocenters. The van der Waals surface area contributed by atoms with Gasteiger partial charge in [0.15, 0.2) is 0 Å². The number of morpholine rings is 1. The van der Waals surface area contributed by atoms with Crippen LogP contribution in [0.25, 0.3) is 0 Å². The summed E-state index contributed by atoms with van der Waals surface area (Å²) in [5.74, 6) is -0.891. The first-order valence-corrected chi connectivity index (χ1v) is 11.5. The predicted octanol–water partition coefficient (Wildman–Crippen LogP) is 2.86. The van der Waals surface area contributed by atoms with Crippen LogP contribution in [0.1, 0.15) is 22.3 Å². The highest BCUT2D eigenvalue weighted by Crippen LogP contribution is 2.28. The van der Waals surface area contributed by atoms with Gasteiger partial charge >= 0.3 is 0 Å². The second kappa shape index (κ2) is 9.94. The molecule has 2 heterocycles. The molecule has 32 heavy (non-hydrogen) atoms. The van der Waals surface area contributed by atoms with E-state index in [9.17, 15) is 14.4 Å². The summed E-state index contributed by atoms with van der Waals surface area (Å²) in [7, 11) is 0. The van der Waals surface area contributed by atoms with Gasteiger partial charge in [0.2, 0.25) is 5.91 Å². The smallest absolute Gasteiger partial charge is 0.257 e. The van der Waals surface area contributed by atoms with Gasteiger partial charge in [-0.05, 0) is 43.3 Å². The summed E-state index contributed by atoms with van der Waals surface area (Å²) < 4.78 is 6.27. The summed E-state index contributed by atoms with van der Waals surface area (Å²) in [6, 6.07) is 13.5. The van der Waals surface area contributed by atoms with Crippen molar-refractivity contribution >= 4 is 39.3 Å². The van der Waals surface area contributed by atoms with Crippen LogP contribution in [0.2, 0.25) is 0 Å². The Morgan fingerprint density at radius 3 is 2.38 bits per heavy atom. The Labute approximate surface area is 196 Å². The van der Waals surface area contributed by atoms with E-state index in [1.165, 1.54) is 4.90 Å². The second-order valence-electron chi connectivity index (χ2n) is 8.08. The van der Waals surface area contributed by atoms with Crippen LogP contribution in [0, 0.1) is 6.92 Å². The van der Waals surface area contributed by atoms with Gasteiger partial charge in [-0.1, -0.05) is 33.6 Å². The molecule has 3 amide bonds. The van der Waals surface area contributed by atoms with E-state index in [0.29, 0.717) is 37.6 Å². The third-order valence-electron chi connectivity index (χ3n) is 5.90. The highest BCUT2D eigenvalue weighted by atomic mass is 79.9. The van der Waals surface area contributed by atoms with Gasteiger partial charge < -0.3 is 9.64 Å². The first-order valence-electron chi connectivity index (χ1n) is 10.7. The first kappa shape index (κ1) is 22.6. The number of benzene rings is 2. The van der Waals surface area contributed by atoms with Crippen LogP contribution in [0.15, 0.2) is 53.0 Å².